The molecule has 0 radical (unpaired) electrons. The first-order chi connectivity index (χ1) is 5.69. The quantitative estimate of drug-likeness (QED) is 0.501. The van der Waals surface area contributed by atoms with E-state index in [9.17, 15) is 9.50 Å². The number of allylic oxidation sites excluding steroid dienone is 1. The van der Waals surface area contributed by atoms with Crippen molar-refractivity contribution in [3.05, 3.63) is 12.7 Å². The molecule has 0 aromatic rings. The minimum atomic E-state index is -1.39. The third kappa shape index (κ3) is 2.07. The summed E-state index contributed by atoms with van der Waals surface area (Å²) >= 11 is 0. The zero-order valence-corrected chi connectivity index (χ0v) is 7.43. The van der Waals surface area contributed by atoms with Gasteiger partial charge in [0.2, 0.25) is 0 Å². The molecule has 2 heteroatoms. The molecular weight excluding hydrogens is 155 g/mol. The van der Waals surface area contributed by atoms with Crippen molar-refractivity contribution in [3.8, 4) is 0 Å². The summed E-state index contributed by atoms with van der Waals surface area (Å²) in [6, 6.07) is 0. The molecule has 1 N–H and O–H groups in total. The molecule has 1 aliphatic rings. The first-order valence-corrected chi connectivity index (χ1v) is 4.67. The van der Waals surface area contributed by atoms with E-state index >= 15 is 0 Å². The average molecular weight is 172 g/mol. The van der Waals surface area contributed by atoms with Crippen molar-refractivity contribution in [3.63, 3.8) is 0 Å². The normalized spacial score (nSPS) is 37.3. The molecule has 0 saturated heterocycles. The van der Waals surface area contributed by atoms with Crippen LogP contribution in [0, 0.1) is 0 Å². The fourth-order valence-electron chi connectivity index (χ4n) is 1.84. The average Bonchev–Trinajstić information content (AvgIpc) is 2.17. The Morgan fingerprint density at radius 2 is 2.25 bits per heavy atom. The Labute approximate surface area is 73.3 Å². The summed E-state index contributed by atoms with van der Waals surface area (Å²) in [5.74, 6) is 0. The Hall–Kier alpha value is -0.370. The zero-order valence-electron chi connectivity index (χ0n) is 7.43. The van der Waals surface area contributed by atoms with E-state index in [1.807, 2.05) is 0 Å². The maximum Gasteiger partial charge on any atom is 0.140 e. The molecular formula is C10H17FO. The van der Waals surface area contributed by atoms with Crippen LogP contribution in [0.15, 0.2) is 12.7 Å². The summed E-state index contributed by atoms with van der Waals surface area (Å²) in [5.41, 5.74) is -1.39. The predicted octanol–water partition coefficient (Wildman–Crippen LogP) is 2.60. The van der Waals surface area contributed by atoms with Gasteiger partial charge in [-0.25, -0.2) is 4.39 Å². The van der Waals surface area contributed by atoms with E-state index in [0.717, 1.165) is 19.3 Å². The van der Waals surface area contributed by atoms with Crippen molar-refractivity contribution >= 4 is 0 Å². The van der Waals surface area contributed by atoms with E-state index in [0.29, 0.717) is 12.8 Å². The zero-order chi connectivity index (χ0) is 9.03. The van der Waals surface area contributed by atoms with Gasteiger partial charge in [-0.15, -0.1) is 6.58 Å². The van der Waals surface area contributed by atoms with E-state index in [1.165, 1.54) is 0 Å². The van der Waals surface area contributed by atoms with Crippen molar-refractivity contribution in [2.75, 3.05) is 0 Å². The van der Waals surface area contributed by atoms with Gasteiger partial charge in [-0.3, -0.25) is 0 Å². The van der Waals surface area contributed by atoms with E-state index in [1.54, 1.807) is 6.08 Å². The largest absolute Gasteiger partial charge is 0.390 e. The second-order valence-corrected chi connectivity index (χ2v) is 3.64. The highest BCUT2D eigenvalue weighted by molar-refractivity contribution is 4.94. The molecule has 1 nitrogen and oxygen atoms in total. The van der Waals surface area contributed by atoms with E-state index < -0.39 is 11.8 Å². The van der Waals surface area contributed by atoms with Crippen LogP contribution in [0.4, 0.5) is 4.39 Å². The van der Waals surface area contributed by atoms with Gasteiger partial charge in [0.1, 0.15) is 5.67 Å². The first-order valence-electron chi connectivity index (χ1n) is 4.67. The van der Waals surface area contributed by atoms with Crippen molar-refractivity contribution in [2.24, 2.45) is 0 Å². The molecule has 0 amide bonds. The number of hydrogen-bond donors (Lipinski definition) is 1. The number of aliphatic hydroxyl groups excluding tert-OH is 1. The van der Waals surface area contributed by atoms with Gasteiger partial charge in [-0.2, -0.15) is 0 Å². The Balaban J connectivity index is 2.61. The highest BCUT2D eigenvalue weighted by Gasteiger charge is 2.37. The van der Waals surface area contributed by atoms with Gasteiger partial charge in [0.25, 0.3) is 0 Å². The summed E-state index contributed by atoms with van der Waals surface area (Å²) in [7, 11) is 0. The summed E-state index contributed by atoms with van der Waals surface area (Å²) in [6.07, 6.45) is 5.04. The standard InChI is InChI=1S/C10H17FO/c1-2-7-10(11)8-5-3-4-6-9(10)12/h2,9,12H,1,3-8H2. The van der Waals surface area contributed by atoms with Crippen molar-refractivity contribution in [2.45, 2.75) is 50.3 Å². The summed E-state index contributed by atoms with van der Waals surface area (Å²) < 4.78 is 13.9. The molecule has 2 unspecified atom stereocenters. The number of aliphatic hydroxyl groups is 1. The molecule has 0 heterocycles. The molecule has 1 aliphatic carbocycles. The van der Waals surface area contributed by atoms with Crippen LogP contribution < -0.4 is 0 Å². The Kier molecular flexibility index (Phi) is 3.27. The topological polar surface area (TPSA) is 20.2 Å². The number of halogens is 1. The molecule has 1 rings (SSSR count). The predicted molar refractivity (Wildman–Crippen MR) is 47.7 cm³/mol. The highest BCUT2D eigenvalue weighted by Crippen LogP contribution is 2.33. The van der Waals surface area contributed by atoms with E-state index in [-0.39, 0.29) is 6.42 Å². The minimum Gasteiger partial charge on any atom is -0.390 e. The third-order valence-electron chi connectivity index (χ3n) is 2.65. The first kappa shape index (κ1) is 9.72. The number of hydrogen-bond acceptors (Lipinski definition) is 1. The lowest BCUT2D eigenvalue weighted by Gasteiger charge is -2.27. The van der Waals surface area contributed by atoms with E-state index in [4.69, 9.17) is 0 Å². The van der Waals surface area contributed by atoms with Gasteiger partial charge >= 0.3 is 0 Å². The SMILES string of the molecule is C=CCC1(F)CCCCCC1O. The minimum absolute atomic E-state index is 0.286. The number of alkyl halides is 1. The molecule has 1 saturated carbocycles. The lowest BCUT2D eigenvalue weighted by atomic mass is 9.90. The monoisotopic (exact) mass is 172 g/mol. The van der Waals surface area contributed by atoms with Gasteiger partial charge in [0.05, 0.1) is 6.10 Å². The lowest BCUT2D eigenvalue weighted by molar-refractivity contribution is -0.0119. The maximum atomic E-state index is 13.9. The molecule has 0 aromatic carbocycles. The fraction of sp³-hybridized carbons (Fsp3) is 0.800. The molecule has 12 heavy (non-hydrogen) atoms. The smallest absolute Gasteiger partial charge is 0.140 e. The van der Waals surface area contributed by atoms with Crippen LogP contribution in [-0.2, 0) is 0 Å². The summed E-state index contributed by atoms with van der Waals surface area (Å²) in [6.45, 7) is 3.51. The summed E-state index contributed by atoms with van der Waals surface area (Å²) in [4.78, 5) is 0. The Morgan fingerprint density at radius 1 is 1.50 bits per heavy atom. The van der Waals surface area contributed by atoms with Gasteiger partial charge in [0.15, 0.2) is 0 Å². The molecule has 70 valence electrons. The van der Waals surface area contributed by atoms with Gasteiger partial charge in [0, 0.05) is 6.42 Å². The second-order valence-electron chi connectivity index (χ2n) is 3.64. The lowest BCUT2D eigenvalue weighted by Crippen LogP contribution is -2.36. The van der Waals surface area contributed by atoms with E-state index in [2.05, 4.69) is 6.58 Å². The van der Waals surface area contributed by atoms with Crippen LogP contribution in [-0.4, -0.2) is 16.9 Å². The van der Waals surface area contributed by atoms with Crippen LogP contribution in [0.5, 0.6) is 0 Å². The maximum absolute atomic E-state index is 13.9. The van der Waals surface area contributed by atoms with Crippen LogP contribution >= 0.6 is 0 Å². The Bertz CT molecular complexity index is 158. The van der Waals surface area contributed by atoms with Crippen molar-refractivity contribution in [1.82, 2.24) is 0 Å². The van der Waals surface area contributed by atoms with Gasteiger partial charge in [-0.05, 0) is 12.8 Å². The molecule has 0 bridgehead atoms. The third-order valence-corrected chi connectivity index (χ3v) is 2.65. The van der Waals surface area contributed by atoms with Crippen molar-refractivity contribution in [1.29, 1.82) is 0 Å². The number of rotatable bonds is 2. The molecule has 2 atom stereocenters. The second kappa shape index (κ2) is 4.04. The van der Waals surface area contributed by atoms with Crippen LogP contribution in [0.1, 0.15) is 38.5 Å². The highest BCUT2D eigenvalue weighted by atomic mass is 19.1. The van der Waals surface area contributed by atoms with Crippen LogP contribution in [0.2, 0.25) is 0 Å². The van der Waals surface area contributed by atoms with Crippen LogP contribution in [0.25, 0.3) is 0 Å². The molecule has 0 aromatic heterocycles. The Morgan fingerprint density at radius 3 is 2.92 bits per heavy atom. The molecule has 0 spiro atoms. The van der Waals surface area contributed by atoms with Gasteiger partial charge < -0.3 is 5.11 Å². The fourth-order valence-corrected chi connectivity index (χ4v) is 1.84. The van der Waals surface area contributed by atoms with Gasteiger partial charge in [-0.1, -0.05) is 25.3 Å². The summed E-state index contributed by atoms with van der Waals surface area (Å²) in [5, 5.41) is 9.52. The van der Waals surface area contributed by atoms with Crippen LogP contribution in [0.3, 0.4) is 0 Å². The molecule has 0 aliphatic heterocycles. The molecule has 1 fully saturated rings. The van der Waals surface area contributed by atoms with Crippen molar-refractivity contribution < 1.29 is 9.50 Å².